The summed E-state index contributed by atoms with van der Waals surface area (Å²) in [7, 11) is 0. The van der Waals surface area contributed by atoms with Crippen LogP contribution in [0.5, 0.6) is 0 Å². The maximum Gasteiger partial charge on any atom is 0.126 e. The Labute approximate surface area is 126 Å². The van der Waals surface area contributed by atoms with E-state index < -0.39 is 0 Å². The Morgan fingerprint density at radius 2 is 1.80 bits per heavy atom. The molecule has 1 saturated heterocycles. The van der Waals surface area contributed by atoms with E-state index in [2.05, 4.69) is 30.6 Å². The van der Waals surface area contributed by atoms with Gasteiger partial charge in [-0.05, 0) is 32.9 Å². The average Bonchev–Trinajstić information content (AvgIpc) is 2.37. The van der Waals surface area contributed by atoms with Crippen LogP contribution in [0.3, 0.4) is 0 Å². The van der Waals surface area contributed by atoms with Gasteiger partial charge in [0.25, 0.3) is 0 Å². The number of nitrogens with two attached hydrogens (primary N) is 1. The Kier molecular flexibility index (Phi) is 4.25. The van der Waals surface area contributed by atoms with E-state index in [0.717, 1.165) is 31.9 Å². The molecule has 1 aromatic carbocycles. The monoisotopic (exact) mass is 294 g/mol. The second kappa shape index (κ2) is 5.62. The molecule has 0 aliphatic carbocycles. The lowest BCUT2D eigenvalue weighted by Gasteiger charge is -2.43. The molecule has 0 spiro atoms. The molecule has 1 heterocycles. The van der Waals surface area contributed by atoms with Gasteiger partial charge in [0, 0.05) is 37.4 Å². The fourth-order valence-electron chi connectivity index (χ4n) is 2.66. The summed E-state index contributed by atoms with van der Waals surface area (Å²) in [6.45, 7) is 10.6. The van der Waals surface area contributed by atoms with Crippen molar-refractivity contribution >= 4 is 23.1 Å². The summed E-state index contributed by atoms with van der Waals surface area (Å²) in [6, 6.07) is 5.70. The molecule has 0 atom stereocenters. The summed E-state index contributed by atoms with van der Waals surface area (Å²) in [5.41, 5.74) is 7.50. The fourth-order valence-corrected chi connectivity index (χ4v) is 2.93. The lowest BCUT2D eigenvalue weighted by Crippen LogP contribution is -2.53. The van der Waals surface area contributed by atoms with Gasteiger partial charge in [0.1, 0.15) is 5.84 Å². The number of nitrogens with one attached hydrogen (secondary N) is 1. The molecule has 2 rings (SSSR count). The van der Waals surface area contributed by atoms with E-state index in [1.54, 1.807) is 6.07 Å². The first kappa shape index (κ1) is 15.1. The molecule has 0 bridgehead atoms. The smallest absolute Gasteiger partial charge is 0.126 e. The van der Waals surface area contributed by atoms with Crippen LogP contribution in [0.25, 0.3) is 0 Å². The Bertz CT molecular complexity index is 499. The van der Waals surface area contributed by atoms with Gasteiger partial charge >= 0.3 is 0 Å². The number of nitrogens with zero attached hydrogens (tertiary/aromatic N) is 2. The van der Waals surface area contributed by atoms with Crippen molar-refractivity contribution in [3.05, 3.63) is 28.8 Å². The Balaban J connectivity index is 2.19. The average molecular weight is 295 g/mol. The molecule has 0 amide bonds. The zero-order chi connectivity index (χ0) is 14.9. The van der Waals surface area contributed by atoms with Crippen molar-refractivity contribution in [1.29, 1.82) is 5.41 Å². The van der Waals surface area contributed by atoms with Crippen LogP contribution in [0.1, 0.15) is 26.3 Å². The molecule has 5 heteroatoms. The highest BCUT2D eigenvalue weighted by molar-refractivity contribution is 6.34. The second-order valence-corrected chi connectivity index (χ2v) is 6.60. The lowest BCUT2D eigenvalue weighted by molar-refractivity contribution is 0.128. The van der Waals surface area contributed by atoms with Gasteiger partial charge in [-0.2, -0.15) is 0 Å². The molecule has 4 nitrogen and oxygen atoms in total. The van der Waals surface area contributed by atoms with Crippen LogP contribution >= 0.6 is 11.6 Å². The van der Waals surface area contributed by atoms with E-state index in [1.807, 2.05) is 12.1 Å². The SMILES string of the molecule is CC(C)(C)N1CCN(c2cccc(Cl)c2C(=N)N)CC1. The summed E-state index contributed by atoms with van der Waals surface area (Å²) in [5.74, 6) is 0.0313. The number of hydrogen-bond acceptors (Lipinski definition) is 3. The zero-order valence-electron chi connectivity index (χ0n) is 12.4. The summed E-state index contributed by atoms with van der Waals surface area (Å²) >= 11 is 6.19. The van der Waals surface area contributed by atoms with Crippen LogP contribution < -0.4 is 10.6 Å². The van der Waals surface area contributed by atoms with E-state index in [1.165, 1.54) is 0 Å². The van der Waals surface area contributed by atoms with Crippen molar-refractivity contribution in [2.75, 3.05) is 31.1 Å². The highest BCUT2D eigenvalue weighted by Gasteiger charge is 2.27. The van der Waals surface area contributed by atoms with Crippen LogP contribution in [0.4, 0.5) is 5.69 Å². The summed E-state index contributed by atoms with van der Waals surface area (Å²) in [6.07, 6.45) is 0. The topological polar surface area (TPSA) is 56.4 Å². The van der Waals surface area contributed by atoms with Crippen LogP contribution in [0.2, 0.25) is 5.02 Å². The molecule has 0 aromatic heterocycles. The van der Waals surface area contributed by atoms with Crippen LogP contribution in [-0.2, 0) is 0 Å². The predicted molar refractivity (Wildman–Crippen MR) is 86.0 cm³/mol. The zero-order valence-corrected chi connectivity index (χ0v) is 13.2. The maximum absolute atomic E-state index is 7.73. The van der Waals surface area contributed by atoms with Gasteiger partial charge in [0.15, 0.2) is 0 Å². The van der Waals surface area contributed by atoms with Crippen molar-refractivity contribution in [1.82, 2.24) is 4.90 Å². The largest absolute Gasteiger partial charge is 0.384 e. The third-order valence-electron chi connectivity index (χ3n) is 3.83. The van der Waals surface area contributed by atoms with Crippen molar-refractivity contribution in [2.45, 2.75) is 26.3 Å². The Hall–Kier alpha value is -1.26. The van der Waals surface area contributed by atoms with Crippen molar-refractivity contribution in [2.24, 2.45) is 5.73 Å². The minimum Gasteiger partial charge on any atom is -0.384 e. The second-order valence-electron chi connectivity index (χ2n) is 6.19. The van der Waals surface area contributed by atoms with Gasteiger partial charge in [-0.3, -0.25) is 10.3 Å². The molecule has 1 aliphatic heterocycles. The quantitative estimate of drug-likeness (QED) is 0.651. The van der Waals surface area contributed by atoms with Gasteiger partial charge < -0.3 is 10.6 Å². The van der Waals surface area contributed by atoms with Crippen LogP contribution in [0.15, 0.2) is 18.2 Å². The van der Waals surface area contributed by atoms with Crippen LogP contribution in [-0.4, -0.2) is 42.5 Å². The normalized spacial score (nSPS) is 17.3. The first-order valence-corrected chi connectivity index (χ1v) is 7.31. The Morgan fingerprint density at radius 1 is 1.20 bits per heavy atom. The summed E-state index contributed by atoms with van der Waals surface area (Å²) in [4.78, 5) is 4.74. The molecular weight excluding hydrogens is 272 g/mol. The van der Waals surface area contributed by atoms with E-state index >= 15 is 0 Å². The number of amidine groups is 1. The lowest BCUT2D eigenvalue weighted by atomic mass is 10.0. The number of rotatable bonds is 2. The summed E-state index contributed by atoms with van der Waals surface area (Å²) in [5, 5.41) is 8.28. The number of benzene rings is 1. The first-order valence-electron chi connectivity index (χ1n) is 6.93. The minimum absolute atomic E-state index is 0.0313. The van der Waals surface area contributed by atoms with Gasteiger partial charge in [-0.1, -0.05) is 17.7 Å². The highest BCUT2D eigenvalue weighted by Crippen LogP contribution is 2.28. The van der Waals surface area contributed by atoms with Crippen molar-refractivity contribution in [3.8, 4) is 0 Å². The van der Waals surface area contributed by atoms with Crippen molar-refractivity contribution < 1.29 is 0 Å². The molecule has 20 heavy (non-hydrogen) atoms. The van der Waals surface area contributed by atoms with E-state index in [-0.39, 0.29) is 11.4 Å². The van der Waals surface area contributed by atoms with Gasteiger partial charge in [-0.25, -0.2) is 0 Å². The van der Waals surface area contributed by atoms with Crippen LogP contribution in [0, 0.1) is 5.41 Å². The molecule has 0 saturated carbocycles. The maximum atomic E-state index is 7.73. The van der Waals surface area contributed by atoms with Crippen molar-refractivity contribution in [3.63, 3.8) is 0 Å². The van der Waals surface area contributed by atoms with Gasteiger partial charge in [0.2, 0.25) is 0 Å². The van der Waals surface area contributed by atoms with Gasteiger partial charge in [-0.15, -0.1) is 0 Å². The molecule has 1 aromatic rings. The van der Waals surface area contributed by atoms with Gasteiger partial charge in [0.05, 0.1) is 10.6 Å². The molecule has 1 aliphatic rings. The molecule has 3 N–H and O–H groups in total. The predicted octanol–water partition coefficient (Wildman–Crippen LogP) is 2.54. The molecule has 0 unspecified atom stereocenters. The number of hydrogen-bond donors (Lipinski definition) is 2. The number of halogens is 1. The number of piperazine rings is 1. The molecule has 1 fully saturated rings. The fraction of sp³-hybridized carbons (Fsp3) is 0.533. The van der Waals surface area contributed by atoms with E-state index in [4.69, 9.17) is 22.7 Å². The first-order chi connectivity index (χ1) is 9.30. The summed E-state index contributed by atoms with van der Waals surface area (Å²) < 4.78 is 0. The number of nitrogen functional groups attached to an aromatic ring is 1. The minimum atomic E-state index is 0.0313. The highest BCUT2D eigenvalue weighted by atomic mass is 35.5. The Morgan fingerprint density at radius 3 is 2.30 bits per heavy atom. The van der Waals surface area contributed by atoms with E-state index in [0.29, 0.717) is 10.6 Å². The molecule has 110 valence electrons. The molecule has 0 radical (unpaired) electrons. The third kappa shape index (κ3) is 3.07. The third-order valence-corrected chi connectivity index (χ3v) is 4.14. The number of anilines is 1. The standard InChI is InChI=1S/C15H23ClN4/c1-15(2,3)20-9-7-19(8-10-20)12-6-4-5-11(16)13(12)14(17)18/h4-6H,7-10H2,1-3H3,(H3,17,18). The van der Waals surface area contributed by atoms with E-state index in [9.17, 15) is 0 Å². The molecular formula is C15H23ClN4.